The van der Waals surface area contributed by atoms with Gasteiger partial charge < -0.3 is 0 Å². The van der Waals surface area contributed by atoms with Gasteiger partial charge in [0.05, 0.1) is 18.2 Å². The van der Waals surface area contributed by atoms with Crippen molar-refractivity contribution in [2.24, 2.45) is 0 Å². The van der Waals surface area contributed by atoms with Crippen molar-refractivity contribution in [2.75, 3.05) is 0 Å². The van der Waals surface area contributed by atoms with Crippen molar-refractivity contribution in [3.8, 4) is 50.6 Å². The van der Waals surface area contributed by atoms with Crippen molar-refractivity contribution in [3.05, 3.63) is 175 Å². The van der Waals surface area contributed by atoms with Gasteiger partial charge in [0.15, 0.2) is 5.69 Å². The predicted octanol–water partition coefficient (Wildman–Crippen LogP) is 12.2. The van der Waals surface area contributed by atoms with Gasteiger partial charge >= 0.3 is 0 Å². The quantitative estimate of drug-likeness (QED) is 0.150. The topological polar surface area (TPSA) is 28.1 Å². The lowest BCUT2D eigenvalue weighted by molar-refractivity contribution is 1.48. The van der Waals surface area contributed by atoms with Crippen LogP contribution in [-0.4, -0.2) is 0 Å². The molecule has 0 fully saturated rings. The summed E-state index contributed by atoms with van der Waals surface area (Å²) in [5, 5.41) is 16.7. The molecule has 8 aromatic carbocycles. The molecule has 46 heavy (non-hydrogen) atoms. The van der Waals surface area contributed by atoms with Crippen molar-refractivity contribution in [3.63, 3.8) is 0 Å². The second-order valence-electron chi connectivity index (χ2n) is 11.5. The zero-order chi connectivity index (χ0) is 31.0. The molecule has 2 nitrogen and oxygen atoms in total. The minimum atomic E-state index is 0.645. The van der Waals surface area contributed by atoms with E-state index in [4.69, 9.17) is 6.57 Å². The molecule has 0 unspecified atom stereocenters. The molecule has 0 saturated carbocycles. The van der Waals surface area contributed by atoms with Crippen LogP contribution in [0.5, 0.6) is 0 Å². The van der Waals surface area contributed by atoms with Gasteiger partial charge in [-0.2, -0.15) is 5.26 Å². The Morgan fingerprint density at radius 1 is 0.391 bits per heavy atom. The molecule has 0 spiro atoms. The van der Waals surface area contributed by atoms with E-state index in [-0.39, 0.29) is 0 Å². The number of hydrogen-bond acceptors (Lipinski definition) is 1. The van der Waals surface area contributed by atoms with E-state index in [2.05, 4.69) is 126 Å². The van der Waals surface area contributed by atoms with Crippen LogP contribution in [0.25, 0.3) is 81.7 Å². The average molecular weight is 583 g/mol. The van der Waals surface area contributed by atoms with Crippen molar-refractivity contribution in [1.82, 2.24) is 0 Å². The Bertz CT molecular complexity index is 2540. The molecule has 2 heteroatoms. The summed E-state index contributed by atoms with van der Waals surface area (Å²) in [4.78, 5) is 3.55. The summed E-state index contributed by atoms with van der Waals surface area (Å²) in [5.74, 6) is 0. The van der Waals surface area contributed by atoms with E-state index in [1.54, 1.807) is 0 Å². The maximum Gasteiger partial charge on any atom is 0.187 e. The maximum absolute atomic E-state index is 9.46. The highest BCUT2D eigenvalue weighted by Crippen LogP contribution is 2.42. The highest BCUT2D eigenvalue weighted by Gasteiger charge is 2.15. The lowest BCUT2D eigenvalue weighted by Crippen LogP contribution is -1.90. The molecule has 0 aliphatic carbocycles. The molecule has 8 aromatic rings. The van der Waals surface area contributed by atoms with Gasteiger partial charge in [0, 0.05) is 0 Å². The van der Waals surface area contributed by atoms with E-state index in [0.29, 0.717) is 11.3 Å². The second-order valence-corrected chi connectivity index (χ2v) is 11.5. The van der Waals surface area contributed by atoms with Crippen molar-refractivity contribution < 1.29 is 0 Å². The SMILES string of the molecule is [C-]#[N+]c1ccc(-c2cccc(-c3cc4c5ccccc5c(-c5cccc(-c6cccc(C#N)c6)c5)cc4c4ccccc34)c2)cc1. The Hall–Kier alpha value is -6.48. The lowest BCUT2D eigenvalue weighted by Gasteiger charge is -2.17. The van der Waals surface area contributed by atoms with Crippen molar-refractivity contribution in [1.29, 1.82) is 5.26 Å². The Balaban J connectivity index is 1.35. The van der Waals surface area contributed by atoms with Crippen LogP contribution in [0.4, 0.5) is 5.69 Å². The Morgan fingerprint density at radius 2 is 0.848 bits per heavy atom. The third-order valence-electron chi connectivity index (χ3n) is 8.88. The van der Waals surface area contributed by atoms with E-state index in [0.717, 1.165) is 33.4 Å². The second kappa shape index (κ2) is 11.2. The highest BCUT2D eigenvalue weighted by atomic mass is 14.6. The fraction of sp³-hybridized carbons (Fsp3) is 0. The van der Waals surface area contributed by atoms with Crippen LogP contribution in [-0.2, 0) is 0 Å². The molecule has 0 heterocycles. The standard InChI is InChI=1S/C44H26N2/c1-46-36-21-19-30(20-22-36)32-11-7-13-34(24-32)41-26-43-40-18-5-3-16-38(40)42(27-44(43)39-17-4-2-15-37(39)41)35-14-8-12-33(25-35)31-10-6-9-29(23-31)28-45/h2-27H. The zero-order valence-electron chi connectivity index (χ0n) is 24.9. The molecule has 0 atom stereocenters. The molecule has 0 aromatic heterocycles. The van der Waals surface area contributed by atoms with Crippen LogP contribution in [0.3, 0.4) is 0 Å². The number of nitrogens with zero attached hydrogens (tertiary/aromatic N) is 2. The van der Waals surface area contributed by atoms with Gasteiger partial charge in [0.1, 0.15) is 0 Å². The Kier molecular flexibility index (Phi) is 6.61. The Morgan fingerprint density at radius 3 is 1.37 bits per heavy atom. The van der Waals surface area contributed by atoms with Gasteiger partial charge in [0.25, 0.3) is 0 Å². The minimum absolute atomic E-state index is 0.645. The van der Waals surface area contributed by atoms with Gasteiger partial charge in [-0.3, -0.25) is 0 Å². The molecule has 0 aliphatic rings. The van der Waals surface area contributed by atoms with E-state index in [1.807, 2.05) is 42.5 Å². The molecule has 0 bridgehead atoms. The Labute approximate surface area is 267 Å². The predicted molar refractivity (Wildman–Crippen MR) is 192 cm³/mol. The third kappa shape index (κ3) is 4.67. The first-order valence-corrected chi connectivity index (χ1v) is 15.3. The highest BCUT2D eigenvalue weighted by molar-refractivity contribution is 6.23. The number of rotatable bonds is 4. The first-order valence-electron chi connectivity index (χ1n) is 15.3. The van der Waals surface area contributed by atoms with E-state index in [9.17, 15) is 5.26 Å². The first-order chi connectivity index (χ1) is 22.7. The fourth-order valence-electron chi connectivity index (χ4n) is 6.66. The van der Waals surface area contributed by atoms with Gasteiger partial charge in [0.2, 0.25) is 0 Å². The smallest absolute Gasteiger partial charge is 0.187 e. The normalized spacial score (nSPS) is 11.0. The largest absolute Gasteiger partial charge is 0.238 e. The molecular weight excluding hydrogens is 556 g/mol. The van der Waals surface area contributed by atoms with Crippen LogP contribution in [0.1, 0.15) is 5.56 Å². The van der Waals surface area contributed by atoms with Gasteiger partial charge in [-0.05, 0) is 113 Å². The molecular formula is C44H26N2. The molecule has 0 aliphatic heterocycles. The number of benzene rings is 8. The summed E-state index contributed by atoms with van der Waals surface area (Å²) < 4.78 is 0. The van der Waals surface area contributed by atoms with Gasteiger partial charge in [-0.1, -0.05) is 121 Å². The summed E-state index contributed by atoms with van der Waals surface area (Å²) in [6.07, 6.45) is 0. The fourth-order valence-corrected chi connectivity index (χ4v) is 6.66. The van der Waals surface area contributed by atoms with Crippen molar-refractivity contribution >= 4 is 38.0 Å². The number of nitriles is 1. The monoisotopic (exact) mass is 582 g/mol. The molecule has 212 valence electrons. The summed E-state index contributed by atoms with van der Waals surface area (Å²) >= 11 is 0. The van der Waals surface area contributed by atoms with Crippen molar-refractivity contribution in [2.45, 2.75) is 0 Å². The summed E-state index contributed by atoms with van der Waals surface area (Å²) in [6.45, 7) is 7.30. The molecule has 0 saturated heterocycles. The summed E-state index contributed by atoms with van der Waals surface area (Å²) in [5.41, 5.74) is 10.3. The summed E-state index contributed by atoms with van der Waals surface area (Å²) in [7, 11) is 0. The van der Waals surface area contributed by atoms with Gasteiger partial charge in [-0.25, -0.2) is 4.85 Å². The minimum Gasteiger partial charge on any atom is -0.238 e. The van der Waals surface area contributed by atoms with E-state index in [1.165, 1.54) is 43.4 Å². The maximum atomic E-state index is 9.46. The number of fused-ring (bicyclic) bond motifs is 5. The van der Waals surface area contributed by atoms with Gasteiger partial charge in [-0.15, -0.1) is 0 Å². The van der Waals surface area contributed by atoms with E-state index >= 15 is 0 Å². The first kappa shape index (κ1) is 27.1. The third-order valence-corrected chi connectivity index (χ3v) is 8.88. The molecule has 0 N–H and O–H groups in total. The lowest BCUT2D eigenvalue weighted by atomic mass is 9.87. The van der Waals surface area contributed by atoms with Crippen LogP contribution in [0.15, 0.2) is 158 Å². The zero-order valence-corrected chi connectivity index (χ0v) is 24.9. The molecule has 8 rings (SSSR count). The van der Waals surface area contributed by atoms with Crippen LogP contribution in [0.2, 0.25) is 0 Å². The van der Waals surface area contributed by atoms with Crippen LogP contribution in [0, 0.1) is 17.9 Å². The molecule has 0 radical (unpaired) electrons. The van der Waals surface area contributed by atoms with Crippen LogP contribution < -0.4 is 0 Å². The van der Waals surface area contributed by atoms with E-state index < -0.39 is 0 Å². The molecule has 0 amide bonds. The number of hydrogen-bond donors (Lipinski definition) is 0. The van der Waals surface area contributed by atoms with Crippen LogP contribution >= 0.6 is 0 Å². The average Bonchev–Trinajstić information content (AvgIpc) is 3.14. The summed E-state index contributed by atoms with van der Waals surface area (Å²) in [6, 6.07) is 57.3.